The van der Waals surface area contributed by atoms with Gasteiger partial charge in [-0.25, -0.2) is 0 Å². The Balaban J connectivity index is 2.74. The fraction of sp³-hybridized carbons (Fsp3) is 0.154. The highest BCUT2D eigenvalue weighted by atomic mass is 79.9. The van der Waals surface area contributed by atoms with Gasteiger partial charge < -0.3 is 4.57 Å². The van der Waals surface area contributed by atoms with Gasteiger partial charge in [0.2, 0.25) is 0 Å². The second kappa shape index (κ2) is 5.08. The lowest BCUT2D eigenvalue weighted by Crippen LogP contribution is -2.01. The molecular weight excluding hydrogens is 337 g/mol. The summed E-state index contributed by atoms with van der Waals surface area (Å²) in [6.45, 7) is 3.80. The summed E-state index contributed by atoms with van der Waals surface area (Å²) in [5.74, 6) is 0. The highest BCUT2D eigenvalue weighted by Crippen LogP contribution is 2.36. The summed E-state index contributed by atoms with van der Waals surface area (Å²) in [6.07, 6.45) is 0.840. The summed E-state index contributed by atoms with van der Waals surface area (Å²) in [4.78, 5) is 11.0. The molecule has 0 fully saturated rings. The molecule has 1 aromatic heterocycles. The number of halogens is 3. The Labute approximate surface area is 124 Å². The molecule has 0 unspecified atom stereocenters. The first kappa shape index (κ1) is 13.7. The van der Waals surface area contributed by atoms with Crippen molar-refractivity contribution >= 4 is 45.4 Å². The predicted octanol–water partition coefficient (Wildman–Crippen LogP) is 4.98. The monoisotopic (exact) mass is 345 g/mol. The van der Waals surface area contributed by atoms with Crippen molar-refractivity contribution in [3.8, 4) is 5.69 Å². The topological polar surface area (TPSA) is 22.0 Å². The molecule has 0 bridgehead atoms. The van der Waals surface area contributed by atoms with Gasteiger partial charge in [0, 0.05) is 21.4 Å². The van der Waals surface area contributed by atoms with Crippen LogP contribution in [0.5, 0.6) is 0 Å². The van der Waals surface area contributed by atoms with Gasteiger partial charge in [0.05, 0.1) is 15.7 Å². The first-order chi connectivity index (χ1) is 8.47. The number of aldehydes is 1. The molecule has 0 radical (unpaired) electrons. The lowest BCUT2D eigenvalue weighted by atomic mass is 10.2. The average Bonchev–Trinajstić information content (AvgIpc) is 2.63. The summed E-state index contributed by atoms with van der Waals surface area (Å²) in [5.41, 5.74) is 3.22. The number of hydrogen-bond acceptors (Lipinski definition) is 1. The Morgan fingerprint density at radius 3 is 2.44 bits per heavy atom. The van der Waals surface area contributed by atoms with Crippen LogP contribution in [0.4, 0.5) is 0 Å². The molecule has 94 valence electrons. The maximum Gasteiger partial charge on any atom is 0.151 e. The number of carbonyl (C=O) groups is 1. The number of hydrogen-bond donors (Lipinski definition) is 0. The van der Waals surface area contributed by atoms with E-state index in [1.807, 2.05) is 36.6 Å². The Morgan fingerprint density at radius 2 is 1.89 bits per heavy atom. The van der Waals surface area contributed by atoms with Crippen molar-refractivity contribution in [1.82, 2.24) is 4.57 Å². The lowest BCUT2D eigenvalue weighted by Gasteiger charge is -2.13. The molecule has 1 aromatic carbocycles. The molecule has 0 aliphatic heterocycles. The highest BCUT2D eigenvalue weighted by molar-refractivity contribution is 9.10. The SMILES string of the molecule is Cc1cc(C=O)c(C)n1-c1ccc(Br)c(Cl)c1Cl. The Bertz CT molecular complexity index is 634. The van der Waals surface area contributed by atoms with Crippen LogP contribution < -0.4 is 0 Å². The van der Waals surface area contributed by atoms with Gasteiger partial charge in [-0.1, -0.05) is 23.2 Å². The van der Waals surface area contributed by atoms with Gasteiger partial charge in [0.15, 0.2) is 6.29 Å². The van der Waals surface area contributed by atoms with E-state index in [4.69, 9.17) is 23.2 Å². The zero-order chi connectivity index (χ0) is 13.4. The molecule has 2 aromatic rings. The summed E-state index contributed by atoms with van der Waals surface area (Å²) < 4.78 is 2.67. The molecular formula is C13H10BrCl2NO. The van der Waals surface area contributed by atoms with Gasteiger partial charge >= 0.3 is 0 Å². The highest BCUT2D eigenvalue weighted by Gasteiger charge is 2.15. The molecule has 0 aliphatic carbocycles. The molecule has 0 aliphatic rings. The number of carbonyl (C=O) groups excluding carboxylic acids is 1. The third-order valence-electron chi connectivity index (χ3n) is 2.85. The molecule has 18 heavy (non-hydrogen) atoms. The van der Waals surface area contributed by atoms with E-state index in [0.717, 1.165) is 27.8 Å². The third kappa shape index (κ3) is 2.11. The van der Waals surface area contributed by atoms with E-state index < -0.39 is 0 Å². The van der Waals surface area contributed by atoms with Crippen molar-refractivity contribution in [2.45, 2.75) is 13.8 Å². The summed E-state index contributed by atoms with van der Waals surface area (Å²) >= 11 is 15.7. The average molecular weight is 347 g/mol. The van der Waals surface area contributed by atoms with Crippen molar-refractivity contribution in [2.75, 3.05) is 0 Å². The zero-order valence-electron chi connectivity index (χ0n) is 9.80. The molecule has 0 amide bonds. The van der Waals surface area contributed by atoms with Crippen molar-refractivity contribution in [1.29, 1.82) is 0 Å². The number of aromatic nitrogens is 1. The fourth-order valence-electron chi connectivity index (χ4n) is 1.97. The minimum Gasteiger partial charge on any atom is -0.316 e. The zero-order valence-corrected chi connectivity index (χ0v) is 12.9. The summed E-state index contributed by atoms with van der Waals surface area (Å²) in [7, 11) is 0. The summed E-state index contributed by atoms with van der Waals surface area (Å²) in [5, 5.41) is 0.930. The maximum absolute atomic E-state index is 11.0. The van der Waals surface area contributed by atoms with Gasteiger partial charge in [0.1, 0.15) is 0 Å². The van der Waals surface area contributed by atoms with E-state index in [1.54, 1.807) is 0 Å². The van der Waals surface area contributed by atoms with Crippen LogP contribution in [0.25, 0.3) is 5.69 Å². The van der Waals surface area contributed by atoms with Crippen LogP contribution in [0.1, 0.15) is 21.7 Å². The van der Waals surface area contributed by atoms with E-state index in [-0.39, 0.29) is 0 Å². The molecule has 2 rings (SSSR count). The Kier molecular flexibility index (Phi) is 3.85. The van der Waals surface area contributed by atoms with Crippen LogP contribution in [0.3, 0.4) is 0 Å². The van der Waals surface area contributed by atoms with Crippen molar-refractivity contribution < 1.29 is 4.79 Å². The van der Waals surface area contributed by atoms with Gasteiger partial charge in [-0.05, 0) is 48.0 Å². The van der Waals surface area contributed by atoms with Crippen LogP contribution in [0, 0.1) is 13.8 Å². The molecule has 0 saturated carbocycles. The second-order valence-electron chi connectivity index (χ2n) is 3.97. The van der Waals surface area contributed by atoms with Crippen molar-refractivity contribution in [2.24, 2.45) is 0 Å². The largest absolute Gasteiger partial charge is 0.316 e. The number of nitrogens with zero attached hydrogens (tertiary/aromatic N) is 1. The molecule has 5 heteroatoms. The van der Waals surface area contributed by atoms with Crippen LogP contribution in [-0.2, 0) is 0 Å². The fourth-order valence-corrected chi connectivity index (χ4v) is 2.82. The van der Waals surface area contributed by atoms with E-state index in [2.05, 4.69) is 15.9 Å². The molecule has 2 nitrogen and oxygen atoms in total. The number of rotatable bonds is 2. The van der Waals surface area contributed by atoms with Gasteiger partial charge in [-0.15, -0.1) is 0 Å². The summed E-state index contributed by atoms with van der Waals surface area (Å²) in [6, 6.07) is 5.53. The standard InChI is InChI=1S/C13H10BrCl2NO/c1-7-5-9(6-18)8(2)17(7)11-4-3-10(14)12(15)13(11)16/h3-6H,1-2H3. The van der Waals surface area contributed by atoms with E-state index in [9.17, 15) is 4.79 Å². The van der Waals surface area contributed by atoms with Gasteiger partial charge in [0.25, 0.3) is 0 Å². The molecule has 0 N–H and O–H groups in total. The van der Waals surface area contributed by atoms with Gasteiger partial charge in [-0.3, -0.25) is 4.79 Å². The van der Waals surface area contributed by atoms with Crippen molar-refractivity contribution in [3.63, 3.8) is 0 Å². The van der Waals surface area contributed by atoms with E-state index in [0.29, 0.717) is 15.6 Å². The molecule has 0 spiro atoms. The van der Waals surface area contributed by atoms with Crippen LogP contribution >= 0.6 is 39.1 Å². The predicted molar refractivity (Wildman–Crippen MR) is 78.4 cm³/mol. The van der Waals surface area contributed by atoms with Crippen molar-refractivity contribution in [3.05, 3.63) is 49.7 Å². The quantitative estimate of drug-likeness (QED) is 0.555. The number of aryl methyl sites for hydroxylation is 1. The lowest BCUT2D eigenvalue weighted by molar-refractivity contribution is 0.112. The van der Waals surface area contributed by atoms with Gasteiger partial charge in [-0.2, -0.15) is 0 Å². The minimum atomic E-state index is 0.463. The second-order valence-corrected chi connectivity index (χ2v) is 5.58. The number of benzene rings is 1. The Hall–Kier alpha value is -0.770. The minimum absolute atomic E-state index is 0.463. The smallest absolute Gasteiger partial charge is 0.151 e. The van der Waals surface area contributed by atoms with Crippen LogP contribution in [0.15, 0.2) is 22.7 Å². The molecule has 1 heterocycles. The first-order valence-corrected chi connectivity index (χ1v) is 6.80. The van der Waals surface area contributed by atoms with Crippen LogP contribution in [0.2, 0.25) is 10.0 Å². The van der Waals surface area contributed by atoms with E-state index in [1.165, 1.54) is 0 Å². The third-order valence-corrected chi connectivity index (χ3v) is 4.61. The Morgan fingerprint density at radius 1 is 1.22 bits per heavy atom. The normalized spacial score (nSPS) is 10.7. The van der Waals surface area contributed by atoms with Crippen LogP contribution in [-0.4, -0.2) is 10.9 Å². The molecule has 0 atom stereocenters. The van der Waals surface area contributed by atoms with E-state index >= 15 is 0 Å². The molecule has 0 saturated heterocycles. The maximum atomic E-state index is 11.0. The first-order valence-electron chi connectivity index (χ1n) is 5.25.